The maximum absolute atomic E-state index is 13.9. The van der Waals surface area contributed by atoms with Crippen LogP contribution in [0.1, 0.15) is 6.92 Å². The molecule has 1 saturated heterocycles. The standard InChI is InChI=1S/C15H18FN5O2S/c1-10(14(22)20-6-8-23-9-7-20)24-15-19-18-13(21(15)17)11-4-2-3-5-12(11)16/h2-5,10H,6-9,17H2,1H3/t10-/m0/s1. The number of nitrogen functional groups attached to an aromatic ring is 1. The monoisotopic (exact) mass is 351 g/mol. The van der Waals surface area contributed by atoms with Crippen LogP contribution in [-0.2, 0) is 9.53 Å². The molecule has 0 unspecified atom stereocenters. The number of thioether (sulfide) groups is 1. The molecule has 1 amide bonds. The Hall–Kier alpha value is -2.13. The number of halogens is 1. The third-order valence-electron chi connectivity index (χ3n) is 3.73. The first kappa shape index (κ1) is 16.7. The highest BCUT2D eigenvalue weighted by atomic mass is 32.2. The van der Waals surface area contributed by atoms with Crippen molar-refractivity contribution in [3.05, 3.63) is 30.1 Å². The number of rotatable bonds is 4. The van der Waals surface area contributed by atoms with E-state index in [1.54, 1.807) is 30.0 Å². The van der Waals surface area contributed by atoms with E-state index in [-0.39, 0.29) is 22.5 Å². The maximum Gasteiger partial charge on any atom is 0.236 e. The van der Waals surface area contributed by atoms with Crippen LogP contribution in [0.4, 0.5) is 4.39 Å². The molecule has 128 valence electrons. The SMILES string of the molecule is C[C@H](Sc1nnc(-c2ccccc2F)n1N)C(=O)N1CCOCC1. The molecule has 1 aromatic carbocycles. The van der Waals surface area contributed by atoms with E-state index in [2.05, 4.69) is 10.2 Å². The number of hydrogen-bond donors (Lipinski definition) is 1. The van der Waals surface area contributed by atoms with E-state index in [1.807, 2.05) is 0 Å². The first-order chi connectivity index (χ1) is 11.6. The summed E-state index contributed by atoms with van der Waals surface area (Å²) in [5, 5.41) is 7.93. The average Bonchev–Trinajstić information content (AvgIpc) is 2.96. The van der Waals surface area contributed by atoms with Crippen LogP contribution in [0.3, 0.4) is 0 Å². The van der Waals surface area contributed by atoms with Gasteiger partial charge in [0, 0.05) is 13.1 Å². The summed E-state index contributed by atoms with van der Waals surface area (Å²) in [5.41, 5.74) is 0.270. The number of nitrogens with zero attached hydrogens (tertiary/aromatic N) is 4. The highest BCUT2D eigenvalue weighted by Crippen LogP contribution is 2.26. The van der Waals surface area contributed by atoms with Crippen molar-refractivity contribution >= 4 is 17.7 Å². The van der Waals surface area contributed by atoms with E-state index in [0.717, 1.165) is 0 Å². The fourth-order valence-corrected chi connectivity index (χ4v) is 3.29. The molecule has 1 aliphatic heterocycles. The fraction of sp³-hybridized carbons (Fsp3) is 0.400. The molecule has 0 bridgehead atoms. The molecular weight excluding hydrogens is 333 g/mol. The molecule has 3 rings (SSSR count). The minimum Gasteiger partial charge on any atom is -0.378 e. The summed E-state index contributed by atoms with van der Waals surface area (Å²) in [5.74, 6) is 5.79. The van der Waals surface area contributed by atoms with Gasteiger partial charge in [0.05, 0.1) is 24.0 Å². The van der Waals surface area contributed by atoms with Crippen LogP contribution < -0.4 is 5.84 Å². The van der Waals surface area contributed by atoms with E-state index in [0.29, 0.717) is 31.5 Å². The Morgan fingerprint density at radius 2 is 2.04 bits per heavy atom. The lowest BCUT2D eigenvalue weighted by atomic mass is 10.2. The average molecular weight is 351 g/mol. The van der Waals surface area contributed by atoms with E-state index >= 15 is 0 Å². The van der Waals surface area contributed by atoms with Crippen LogP contribution in [0, 0.1) is 5.82 Å². The van der Waals surface area contributed by atoms with Crippen LogP contribution in [-0.4, -0.2) is 57.2 Å². The molecule has 9 heteroatoms. The molecule has 1 atom stereocenters. The zero-order valence-corrected chi connectivity index (χ0v) is 14.0. The largest absolute Gasteiger partial charge is 0.378 e. The van der Waals surface area contributed by atoms with E-state index in [4.69, 9.17) is 10.6 Å². The second-order valence-corrected chi connectivity index (χ2v) is 6.66. The molecule has 2 aromatic rings. The predicted octanol–water partition coefficient (Wildman–Crippen LogP) is 1.14. The van der Waals surface area contributed by atoms with Crippen molar-refractivity contribution in [2.75, 3.05) is 32.1 Å². The Labute approximate surface area is 142 Å². The van der Waals surface area contributed by atoms with Gasteiger partial charge < -0.3 is 15.5 Å². The summed E-state index contributed by atoms with van der Waals surface area (Å²) in [6.45, 7) is 4.06. The molecule has 1 aromatic heterocycles. The van der Waals surface area contributed by atoms with Gasteiger partial charge in [0.1, 0.15) is 5.82 Å². The Kier molecular flexibility index (Phi) is 5.00. The van der Waals surface area contributed by atoms with Gasteiger partial charge in [0.2, 0.25) is 11.1 Å². The zero-order chi connectivity index (χ0) is 17.1. The van der Waals surface area contributed by atoms with Crippen molar-refractivity contribution in [1.82, 2.24) is 19.8 Å². The maximum atomic E-state index is 13.9. The molecule has 1 fully saturated rings. The molecule has 0 spiro atoms. The Balaban J connectivity index is 1.74. The van der Waals surface area contributed by atoms with Gasteiger partial charge in [-0.3, -0.25) is 4.79 Å². The van der Waals surface area contributed by atoms with Crippen molar-refractivity contribution in [2.24, 2.45) is 0 Å². The van der Waals surface area contributed by atoms with Gasteiger partial charge in [-0.25, -0.2) is 9.07 Å². The van der Waals surface area contributed by atoms with Crippen molar-refractivity contribution in [2.45, 2.75) is 17.3 Å². The summed E-state index contributed by atoms with van der Waals surface area (Å²) < 4.78 is 20.3. The lowest BCUT2D eigenvalue weighted by Crippen LogP contribution is -2.44. The summed E-state index contributed by atoms with van der Waals surface area (Å²) in [4.78, 5) is 14.2. The second-order valence-electron chi connectivity index (χ2n) is 5.35. The normalized spacial score (nSPS) is 16.2. The topological polar surface area (TPSA) is 86.3 Å². The summed E-state index contributed by atoms with van der Waals surface area (Å²) in [6.07, 6.45) is 0. The van der Waals surface area contributed by atoms with Crippen molar-refractivity contribution < 1.29 is 13.9 Å². The number of morpholine rings is 1. The molecule has 24 heavy (non-hydrogen) atoms. The summed E-state index contributed by atoms with van der Waals surface area (Å²) in [7, 11) is 0. The lowest BCUT2D eigenvalue weighted by Gasteiger charge is -2.28. The quantitative estimate of drug-likeness (QED) is 0.657. The first-order valence-corrected chi connectivity index (χ1v) is 8.44. The minimum absolute atomic E-state index is 0.00117. The van der Waals surface area contributed by atoms with E-state index in [9.17, 15) is 9.18 Å². The fourth-order valence-electron chi connectivity index (χ4n) is 2.43. The molecule has 2 heterocycles. The molecule has 2 N–H and O–H groups in total. The van der Waals surface area contributed by atoms with Crippen molar-refractivity contribution in [1.29, 1.82) is 0 Å². The Bertz CT molecular complexity index is 732. The van der Waals surface area contributed by atoms with Gasteiger partial charge >= 0.3 is 0 Å². The van der Waals surface area contributed by atoms with Crippen molar-refractivity contribution in [3.63, 3.8) is 0 Å². The molecule has 1 aliphatic rings. The third kappa shape index (κ3) is 3.36. The Morgan fingerprint density at radius 1 is 1.33 bits per heavy atom. The summed E-state index contributed by atoms with van der Waals surface area (Å²) in [6, 6.07) is 6.21. The molecule has 7 nitrogen and oxygen atoms in total. The number of carbonyl (C=O) groups excluding carboxylic acids is 1. The second kappa shape index (κ2) is 7.18. The number of nitrogens with two attached hydrogens (primary N) is 1. The highest BCUT2D eigenvalue weighted by Gasteiger charge is 2.25. The van der Waals surface area contributed by atoms with E-state index < -0.39 is 5.82 Å². The van der Waals surface area contributed by atoms with Crippen LogP contribution in [0.25, 0.3) is 11.4 Å². The number of aromatic nitrogens is 3. The van der Waals surface area contributed by atoms with Gasteiger partial charge in [-0.1, -0.05) is 23.9 Å². The van der Waals surface area contributed by atoms with Crippen LogP contribution >= 0.6 is 11.8 Å². The number of benzene rings is 1. The number of amides is 1. The number of carbonyl (C=O) groups is 1. The van der Waals surface area contributed by atoms with E-state index in [1.165, 1.54) is 22.5 Å². The lowest BCUT2D eigenvalue weighted by molar-refractivity contribution is -0.134. The first-order valence-electron chi connectivity index (χ1n) is 7.56. The highest BCUT2D eigenvalue weighted by molar-refractivity contribution is 8.00. The number of hydrogen-bond acceptors (Lipinski definition) is 6. The number of ether oxygens (including phenoxy) is 1. The summed E-state index contributed by atoms with van der Waals surface area (Å²) >= 11 is 1.20. The molecule has 0 aliphatic carbocycles. The minimum atomic E-state index is -0.425. The van der Waals surface area contributed by atoms with Gasteiger partial charge in [-0.15, -0.1) is 10.2 Å². The molecular formula is C15H18FN5O2S. The van der Waals surface area contributed by atoms with Gasteiger partial charge in [-0.05, 0) is 19.1 Å². The van der Waals surface area contributed by atoms with Gasteiger partial charge in [0.15, 0.2) is 5.82 Å². The van der Waals surface area contributed by atoms with Crippen LogP contribution in [0.2, 0.25) is 0 Å². The Morgan fingerprint density at radius 3 is 2.75 bits per heavy atom. The predicted molar refractivity (Wildman–Crippen MR) is 88.3 cm³/mol. The van der Waals surface area contributed by atoms with Crippen LogP contribution in [0.15, 0.2) is 29.4 Å². The molecule has 0 radical (unpaired) electrons. The van der Waals surface area contributed by atoms with Gasteiger partial charge in [0.25, 0.3) is 0 Å². The third-order valence-corrected chi connectivity index (χ3v) is 4.78. The molecule has 0 saturated carbocycles. The zero-order valence-electron chi connectivity index (χ0n) is 13.2. The van der Waals surface area contributed by atoms with Crippen LogP contribution in [0.5, 0.6) is 0 Å². The smallest absolute Gasteiger partial charge is 0.236 e. The van der Waals surface area contributed by atoms with Crippen molar-refractivity contribution in [3.8, 4) is 11.4 Å². The van der Waals surface area contributed by atoms with Gasteiger partial charge in [-0.2, -0.15) is 0 Å².